The third-order valence-electron chi connectivity index (χ3n) is 5.92. The first-order valence-corrected chi connectivity index (χ1v) is 12.3. The molecule has 1 amide bonds. The molecule has 0 unspecified atom stereocenters. The van der Waals surface area contributed by atoms with Gasteiger partial charge in [-0.05, 0) is 47.5 Å². The Morgan fingerprint density at radius 1 is 1.19 bits per heavy atom. The summed E-state index contributed by atoms with van der Waals surface area (Å²) in [5, 5.41) is 12.8. The summed E-state index contributed by atoms with van der Waals surface area (Å²) in [6, 6.07) is 21.5. The lowest BCUT2D eigenvalue weighted by Crippen LogP contribution is -2.52. The van der Waals surface area contributed by atoms with E-state index in [0.29, 0.717) is 35.6 Å². The Morgan fingerprint density at radius 2 is 1.92 bits per heavy atom. The number of aliphatic hydroxyl groups is 1. The van der Waals surface area contributed by atoms with Gasteiger partial charge in [0.2, 0.25) is 5.90 Å². The number of hydrogen-bond acceptors (Lipinski definition) is 7. The molecular formula is C26H25BrN6O4. The molecule has 4 N–H and O–H groups in total. The first kappa shape index (κ1) is 26.2. The van der Waals surface area contributed by atoms with Crippen molar-refractivity contribution >= 4 is 33.4 Å². The maximum Gasteiger partial charge on any atom is 0.266 e. The zero-order valence-corrected chi connectivity index (χ0v) is 21.3. The number of hydrazine groups is 1. The van der Waals surface area contributed by atoms with Crippen molar-refractivity contribution in [2.75, 3.05) is 13.2 Å². The monoisotopic (exact) mass is 564 g/mol. The summed E-state index contributed by atoms with van der Waals surface area (Å²) in [6.45, 7) is 0.434. The zero-order chi connectivity index (χ0) is 26.3. The molecule has 0 spiro atoms. The lowest BCUT2D eigenvalue weighted by Gasteiger charge is -2.30. The first-order chi connectivity index (χ1) is 18.0. The predicted octanol–water partition coefficient (Wildman–Crippen LogP) is 4.64. The highest BCUT2D eigenvalue weighted by Crippen LogP contribution is 2.45. The summed E-state index contributed by atoms with van der Waals surface area (Å²) in [6.07, 6.45) is -0.238. The number of hydrogen-bond donors (Lipinski definition) is 3. The van der Waals surface area contributed by atoms with Crippen LogP contribution in [0, 0.1) is 0 Å². The third kappa shape index (κ3) is 5.76. The highest BCUT2D eigenvalue weighted by Gasteiger charge is 2.53. The maximum atomic E-state index is 13.5. The predicted molar refractivity (Wildman–Crippen MR) is 142 cm³/mol. The Morgan fingerprint density at radius 3 is 2.59 bits per heavy atom. The van der Waals surface area contributed by atoms with Crippen LogP contribution in [0.5, 0.6) is 5.75 Å². The van der Waals surface area contributed by atoms with Crippen molar-refractivity contribution in [1.82, 2.24) is 5.43 Å². The van der Waals surface area contributed by atoms with Gasteiger partial charge in [-0.15, -0.1) is 0 Å². The Kier molecular flexibility index (Phi) is 8.42. The molecule has 11 heteroatoms. The van der Waals surface area contributed by atoms with E-state index in [0.717, 1.165) is 10.0 Å². The van der Waals surface area contributed by atoms with E-state index in [2.05, 4.69) is 31.4 Å². The molecule has 0 saturated carbocycles. The largest absolute Gasteiger partial charge is 0.494 e. The Hall–Kier alpha value is -3.89. The van der Waals surface area contributed by atoms with E-state index >= 15 is 0 Å². The number of aliphatic imine (C=N–C) groups is 1. The standard InChI is InChI=1S/C26H25BrN6O4/c27-19-10-6-17(7-11-19)16-26(25(35)31-28)23(21-4-1-2-5-22(21)32-33-29)37-24(30-26)18-8-12-20(13-9-18)36-15-3-14-34/h1-2,4-13,23,34H,3,14-16,28H2,(H,31,35)/t23-,26-/m0/s1. The molecular weight excluding hydrogens is 540 g/mol. The molecule has 3 aromatic rings. The Labute approximate surface area is 221 Å². The van der Waals surface area contributed by atoms with Crippen molar-refractivity contribution in [3.63, 3.8) is 0 Å². The summed E-state index contributed by atoms with van der Waals surface area (Å²) in [5.41, 5.74) is 12.2. The van der Waals surface area contributed by atoms with Crippen LogP contribution in [0.3, 0.4) is 0 Å². The molecule has 0 fully saturated rings. The fraction of sp³-hybridized carbons (Fsp3) is 0.231. The first-order valence-electron chi connectivity index (χ1n) is 11.5. The van der Waals surface area contributed by atoms with Crippen molar-refractivity contribution in [1.29, 1.82) is 0 Å². The molecule has 0 aliphatic carbocycles. The van der Waals surface area contributed by atoms with Crippen LogP contribution in [0.4, 0.5) is 5.69 Å². The maximum absolute atomic E-state index is 13.5. The summed E-state index contributed by atoms with van der Waals surface area (Å²) < 4.78 is 12.9. The van der Waals surface area contributed by atoms with Gasteiger partial charge in [-0.25, -0.2) is 10.8 Å². The number of azide groups is 1. The van der Waals surface area contributed by atoms with Gasteiger partial charge in [0.05, 0.1) is 6.61 Å². The van der Waals surface area contributed by atoms with Crippen molar-refractivity contribution < 1.29 is 19.4 Å². The number of benzene rings is 3. The fourth-order valence-corrected chi connectivity index (χ4v) is 4.41. The van der Waals surface area contributed by atoms with Gasteiger partial charge in [0.15, 0.2) is 11.6 Å². The molecule has 190 valence electrons. The lowest BCUT2D eigenvalue weighted by molar-refractivity contribution is -0.129. The number of carbonyl (C=O) groups is 1. The molecule has 4 rings (SSSR count). The van der Waals surface area contributed by atoms with Gasteiger partial charge in [0, 0.05) is 45.6 Å². The van der Waals surface area contributed by atoms with Crippen LogP contribution in [0.25, 0.3) is 10.4 Å². The number of ether oxygens (including phenoxy) is 2. The van der Waals surface area contributed by atoms with Gasteiger partial charge in [-0.2, -0.15) is 0 Å². The molecule has 0 aromatic heterocycles. The third-order valence-corrected chi connectivity index (χ3v) is 6.45. The van der Waals surface area contributed by atoms with E-state index in [1.807, 2.05) is 24.3 Å². The van der Waals surface area contributed by atoms with Crippen LogP contribution in [-0.4, -0.2) is 35.7 Å². The van der Waals surface area contributed by atoms with Gasteiger partial charge in [-0.3, -0.25) is 10.2 Å². The summed E-state index contributed by atoms with van der Waals surface area (Å²) >= 11 is 3.43. The van der Waals surface area contributed by atoms with Gasteiger partial charge < -0.3 is 14.6 Å². The molecule has 0 saturated heterocycles. The van der Waals surface area contributed by atoms with E-state index in [9.17, 15) is 4.79 Å². The number of nitrogens with one attached hydrogen (secondary N) is 1. The Bertz CT molecular complexity index is 1330. The topological polar surface area (TPSA) is 155 Å². The molecule has 1 heterocycles. The fourth-order valence-electron chi connectivity index (χ4n) is 4.15. The van der Waals surface area contributed by atoms with Crippen molar-refractivity contribution in [3.05, 3.63) is 104 Å². The molecule has 10 nitrogen and oxygen atoms in total. The van der Waals surface area contributed by atoms with Crippen LogP contribution < -0.4 is 16.0 Å². The van der Waals surface area contributed by atoms with E-state index in [4.69, 9.17) is 30.9 Å². The number of amides is 1. The highest BCUT2D eigenvalue weighted by molar-refractivity contribution is 9.10. The van der Waals surface area contributed by atoms with Gasteiger partial charge in [0.25, 0.3) is 5.91 Å². The molecule has 2 atom stereocenters. The number of aliphatic hydroxyl groups excluding tert-OH is 1. The van der Waals surface area contributed by atoms with E-state index in [1.54, 1.807) is 48.5 Å². The molecule has 1 aliphatic rings. The normalized spacial score (nSPS) is 18.4. The molecule has 37 heavy (non-hydrogen) atoms. The SMILES string of the molecule is [N-]=[N+]=Nc1ccccc1[C@@H]1OC(c2ccc(OCCCO)cc2)=N[C@]1(Cc1ccc(Br)cc1)C(=O)NN. The second kappa shape index (κ2) is 11.9. The number of rotatable bonds is 10. The molecule has 0 bridgehead atoms. The number of nitrogens with two attached hydrogens (primary N) is 1. The zero-order valence-electron chi connectivity index (χ0n) is 19.8. The molecule has 0 radical (unpaired) electrons. The molecule has 1 aliphatic heterocycles. The highest BCUT2D eigenvalue weighted by atomic mass is 79.9. The van der Waals surface area contributed by atoms with Crippen LogP contribution >= 0.6 is 15.9 Å². The van der Waals surface area contributed by atoms with Gasteiger partial charge >= 0.3 is 0 Å². The summed E-state index contributed by atoms with van der Waals surface area (Å²) in [5.74, 6) is 5.99. The van der Waals surface area contributed by atoms with Crippen molar-refractivity contribution in [2.45, 2.75) is 24.5 Å². The Balaban J connectivity index is 1.80. The van der Waals surface area contributed by atoms with Crippen LogP contribution in [0.2, 0.25) is 0 Å². The average molecular weight is 565 g/mol. The van der Waals surface area contributed by atoms with E-state index in [-0.39, 0.29) is 18.9 Å². The molecule has 3 aromatic carbocycles. The second-order valence-electron chi connectivity index (χ2n) is 8.31. The van der Waals surface area contributed by atoms with E-state index in [1.165, 1.54) is 0 Å². The number of nitrogens with zero attached hydrogens (tertiary/aromatic N) is 4. The minimum atomic E-state index is -1.49. The average Bonchev–Trinajstić information content (AvgIpc) is 3.30. The van der Waals surface area contributed by atoms with Crippen molar-refractivity contribution in [3.8, 4) is 5.75 Å². The summed E-state index contributed by atoms with van der Waals surface area (Å²) in [4.78, 5) is 21.2. The lowest BCUT2D eigenvalue weighted by atomic mass is 9.81. The minimum absolute atomic E-state index is 0.0467. The van der Waals surface area contributed by atoms with Gasteiger partial charge in [0.1, 0.15) is 5.75 Å². The number of carbonyl (C=O) groups excluding carboxylic acids is 1. The quantitative estimate of drug-likeness (QED) is 0.0621. The minimum Gasteiger partial charge on any atom is -0.494 e. The smallest absolute Gasteiger partial charge is 0.266 e. The number of halogens is 1. The second-order valence-corrected chi connectivity index (χ2v) is 9.23. The van der Waals surface area contributed by atoms with E-state index < -0.39 is 17.6 Å². The van der Waals surface area contributed by atoms with Crippen LogP contribution in [0.1, 0.15) is 29.2 Å². The summed E-state index contributed by atoms with van der Waals surface area (Å²) in [7, 11) is 0. The van der Waals surface area contributed by atoms with Crippen LogP contribution in [-0.2, 0) is 16.0 Å². The van der Waals surface area contributed by atoms with Crippen molar-refractivity contribution in [2.24, 2.45) is 15.9 Å². The van der Waals surface area contributed by atoms with Gasteiger partial charge in [-0.1, -0.05) is 57.4 Å². The van der Waals surface area contributed by atoms with Crippen LogP contribution in [0.15, 0.2) is 87.4 Å².